The second-order valence-electron chi connectivity index (χ2n) is 20.6. The molecule has 0 fully saturated rings. The molecule has 0 aliphatic carbocycles. The number of esters is 3. The third kappa shape index (κ3) is 56.3. The van der Waals surface area contributed by atoms with Crippen LogP contribution in [-0.4, -0.2) is 37.2 Å². The lowest BCUT2D eigenvalue weighted by molar-refractivity contribution is -0.167. The third-order valence-electron chi connectivity index (χ3n) is 13.6. The van der Waals surface area contributed by atoms with E-state index in [2.05, 4.69) is 69.4 Å². The van der Waals surface area contributed by atoms with Crippen molar-refractivity contribution in [1.29, 1.82) is 0 Å². The Hall–Kier alpha value is -2.63. The zero-order valence-corrected chi connectivity index (χ0v) is 46.8. The van der Waals surface area contributed by atoms with Gasteiger partial charge in [0.1, 0.15) is 13.2 Å². The molecular weight excluding hydrogens is 865 g/mol. The van der Waals surface area contributed by atoms with Crippen molar-refractivity contribution in [2.75, 3.05) is 13.2 Å². The SMILES string of the molecule is CCCCC/C=C\C/C=C\CCCCCCCCCC(=O)OC(COC(=O)CCCCCCCCCC)COC(=O)CCCCCCCCCCCCCCCCC/C=C\C/C=C\CCCCCCC. The van der Waals surface area contributed by atoms with Crippen molar-refractivity contribution in [2.24, 2.45) is 0 Å². The number of hydrogen-bond donors (Lipinski definition) is 0. The Kier molecular flexibility index (Phi) is 56.7. The second kappa shape index (κ2) is 58.9. The molecule has 6 heteroatoms. The molecule has 70 heavy (non-hydrogen) atoms. The summed E-state index contributed by atoms with van der Waals surface area (Å²) < 4.78 is 16.8. The third-order valence-corrected chi connectivity index (χ3v) is 13.6. The van der Waals surface area contributed by atoms with Crippen molar-refractivity contribution in [3.05, 3.63) is 48.6 Å². The van der Waals surface area contributed by atoms with E-state index in [9.17, 15) is 14.4 Å². The number of ether oxygens (including phenoxy) is 3. The minimum atomic E-state index is -0.773. The van der Waals surface area contributed by atoms with Crippen LogP contribution in [0.15, 0.2) is 48.6 Å². The average Bonchev–Trinajstić information content (AvgIpc) is 3.36. The van der Waals surface area contributed by atoms with Crippen molar-refractivity contribution in [3.8, 4) is 0 Å². The van der Waals surface area contributed by atoms with Crippen LogP contribution in [0, 0.1) is 0 Å². The van der Waals surface area contributed by atoms with Gasteiger partial charge in [-0.3, -0.25) is 14.4 Å². The highest BCUT2D eigenvalue weighted by Crippen LogP contribution is 2.17. The minimum Gasteiger partial charge on any atom is -0.462 e. The predicted molar refractivity (Wildman–Crippen MR) is 302 cm³/mol. The molecule has 0 saturated heterocycles. The summed E-state index contributed by atoms with van der Waals surface area (Å²) in [5.41, 5.74) is 0. The van der Waals surface area contributed by atoms with E-state index in [-0.39, 0.29) is 31.1 Å². The summed E-state index contributed by atoms with van der Waals surface area (Å²) in [6.45, 7) is 6.60. The van der Waals surface area contributed by atoms with E-state index in [1.165, 1.54) is 205 Å². The first kappa shape index (κ1) is 67.4. The van der Waals surface area contributed by atoms with Crippen LogP contribution < -0.4 is 0 Å². The molecule has 0 heterocycles. The van der Waals surface area contributed by atoms with E-state index < -0.39 is 6.10 Å². The number of carbonyl (C=O) groups is 3. The van der Waals surface area contributed by atoms with Gasteiger partial charge in [-0.15, -0.1) is 0 Å². The van der Waals surface area contributed by atoms with Gasteiger partial charge in [-0.25, -0.2) is 0 Å². The minimum absolute atomic E-state index is 0.0732. The fourth-order valence-electron chi connectivity index (χ4n) is 8.92. The van der Waals surface area contributed by atoms with E-state index in [4.69, 9.17) is 14.2 Å². The zero-order valence-electron chi connectivity index (χ0n) is 46.8. The molecule has 0 saturated carbocycles. The Labute approximate surface area is 435 Å². The monoisotopic (exact) mass is 981 g/mol. The molecule has 0 aromatic carbocycles. The average molecular weight is 982 g/mol. The first-order chi connectivity index (χ1) is 34.5. The molecule has 0 radical (unpaired) electrons. The molecule has 0 aromatic rings. The van der Waals surface area contributed by atoms with E-state index in [1.807, 2.05) is 0 Å². The standard InChI is InChI=1S/C64H116O6/c1-4-7-10-13-16-19-21-23-25-27-28-29-30-31-32-33-34-35-36-38-39-41-43-45-48-51-54-57-63(66)69-60-61(59-68-62(65)56-53-50-47-18-15-12-9-6-3)70-64(67)58-55-52-49-46-44-42-40-37-26-24-22-20-17-14-11-8-5-2/h17,20-21,23-24,26-28,61H,4-16,18-19,22,25,29-60H2,1-3H3/b20-17-,23-21-,26-24-,28-27-. The van der Waals surface area contributed by atoms with Crippen molar-refractivity contribution in [2.45, 2.75) is 329 Å². The fraction of sp³-hybridized carbons (Fsp3) is 0.828. The Balaban J connectivity index is 4.13. The highest BCUT2D eigenvalue weighted by Gasteiger charge is 2.19. The number of unbranched alkanes of at least 4 members (excludes halogenated alkanes) is 37. The zero-order chi connectivity index (χ0) is 50.7. The van der Waals surface area contributed by atoms with Crippen LogP contribution in [-0.2, 0) is 28.6 Å². The summed E-state index contributed by atoms with van der Waals surface area (Å²) >= 11 is 0. The smallest absolute Gasteiger partial charge is 0.306 e. The molecule has 0 aliphatic rings. The van der Waals surface area contributed by atoms with Crippen molar-refractivity contribution < 1.29 is 28.6 Å². The summed E-state index contributed by atoms with van der Waals surface area (Å²) in [4.78, 5) is 38.0. The molecule has 0 spiro atoms. The first-order valence-corrected chi connectivity index (χ1v) is 30.6. The van der Waals surface area contributed by atoms with E-state index in [0.29, 0.717) is 19.3 Å². The predicted octanol–water partition coefficient (Wildman–Crippen LogP) is 20.6. The lowest BCUT2D eigenvalue weighted by Gasteiger charge is -2.18. The maximum Gasteiger partial charge on any atom is 0.306 e. The summed E-state index contributed by atoms with van der Waals surface area (Å²) in [6.07, 6.45) is 72.7. The van der Waals surface area contributed by atoms with E-state index >= 15 is 0 Å². The molecule has 6 nitrogen and oxygen atoms in total. The second-order valence-corrected chi connectivity index (χ2v) is 20.6. The Morgan fingerprint density at radius 2 is 0.514 bits per heavy atom. The van der Waals surface area contributed by atoms with E-state index in [1.54, 1.807) is 0 Å². The molecule has 0 amide bonds. The summed E-state index contributed by atoms with van der Waals surface area (Å²) in [7, 11) is 0. The lowest BCUT2D eigenvalue weighted by Crippen LogP contribution is -2.30. The van der Waals surface area contributed by atoms with Crippen molar-refractivity contribution >= 4 is 17.9 Å². The van der Waals surface area contributed by atoms with Gasteiger partial charge in [0, 0.05) is 19.3 Å². The molecule has 0 aromatic heterocycles. The number of carbonyl (C=O) groups excluding carboxylic acids is 3. The molecule has 0 aliphatic heterocycles. The molecule has 1 unspecified atom stereocenters. The largest absolute Gasteiger partial charge is 0.462 e. The fourth-order valence-corrected chi connectivity index (χ4v) is 8.92. The van der Waals surface area contributed by atoms with Crippen LogP contribution in [0.4, 0.5) is 0 Å². The van der Waals surface area contributed by atoms with E-state index in [0.717, 1.165) is 77.0 Å². The summed E-state index contributed by atoms with van der Waals surface area (Å²) in [5.74, 6) is -0.871. The van der Waals surface area contributed by atoms with Crippen LogP contribution in [0.2, 0.25) is 0 Å². The van der Waals surface area contributed by atoms with Gasteiger partial charge in [0.05, 0.1) is 0 Å². The molecule has 408 valence electrons. The Bertz CT molecular complexity index is 1220. The van der Waals surface area contributed by atoms with Crippen LogP contribution in [0.5, 0.6) is 0 Å². The Morgan fingerprint density at radius 3 is 0.814 bits per heavy atom. The number of rotatable bonds is 56. The van der Waals surface area contributed by atoms with Gasteiger partial charge in [-0.1, -0.05) is 268 Å². The van der Waals surface area contributed by atoms with Crippen LogP contribution in [0.25, 0.3) is 0 Å². The molecule has 0 N–H and O–H groups in total. The number of hydrogen-bond acceptors (Lipinski definition) is 6. The van der Waals surface area contributed by atoms with Crippen LogP contribution >= 0.6 is 0 Å². The maximum atomic E-state index is 12.8. The van der Waals surface area contributed by atoms with Gasteiger partial charge < -0.3 is 14.2 Å². The normalized spacial score (nSPS) is 12.3. The van der Waals surface area contributed by atoms with Gasteiger partial charge in [-0.05, 0) is 83.5 Å². The molecule has 0 rings (SSSR count). The van der Waals surface area contributed by atoms with Gasteiger partial charge in [0.25, 0.3) is 0 Å². The van der Waals surface area contributed by atoms with Crippen LogP contribution in [0.3, 0.4) is 0 Å². The van der Waals surface area contributed by atoms with Gasteiger partial charge in [0.15, 0.2) is 6.10 Å². The molecular formula is C64H116O6. The highest BCUT2D eigenvalue weighted by atomic mass is 16.6. The number of allylic oxidation sites excluding steroid dienone is 8. The topological polar surface area (TPSA) is 78.9 Å². The van der Waals surface area contributed by atoms with Gasteiger partial charge >= 0.3 is 17.9 Å². The van der Waals surface area contributed by atoms with Crippen molar-refractivity contribution in [3.63, 3.8) is 0 Å². The Morgan fingerprint density at radius 1 is 0.286 bits per heavy atom. The van der Waals surface area contributed by atoms with Gasteiger partial charge in [-0.2, -0.15) is 0 Å². The lowest BCUT2D eigenvalue weighted by atomic mass is 10.0. The first-order valence-electron chi connectivity index (χ1n) is 30.6. The molecule has 1 atom stereocenters. The maximum absolute atomic E-state index is 12.8. The van der Waals surface area contributed by atoms with Crippen LogP contribution in [0.1, 0.15) is 323 Å². The summed E-state index contributed by atoms with van der Waals surface area (Å²) in [6, 6.07) is 0. The summed E-state index contributed by atoms with van der Waals surface area (Å²) in [5, 5.41) is 0. The van der Waals surface area contributed by atoms with Gasteiger partial charge in [0.2, 0.25) is 0 Å². The van der Waals surface area contributed by atoms with Crippen molar-refractivity contribution in [1.82, 2.24) is 0 Å². The quantitative estimate of drug-likeness (QED) is 0.0261. The highest BCUT2D eigenvalue weighted by molar-refractivity contribution is 5.71. The molecule has 0 bridgehead atoms.